The molecule has 2 fully saturated rings. The lowest BCUT2D eigenvalue weighted by molar-refractivity contribution is 0.156. The summed E-state index contributed by atoms with van der Waals surface area (Å²) < 4.78 is 7.64. The molecule has 7 nitrogen and oxygen atoms in total. The predicted octanol–water partition coefficient (Wildman–Crippen LogP) is 0.960. The summed E-state index contributed by atoms with van der Waals surface area (Å²) in [6.45, 7) is 4.69. The number of nitrogens with one attached hydrogen (secondary N) is 1. The van der Waals surface area contributed by atoms with E-state index in [-0.39, 0.29) is 0 Å². The van der Waals surface area contributed by atoms with Gasteiger partial charge in [-0.25, -0.2) is 0 Å². The fourth-order valence-electron chi connectivity index (χ4n) is 3.77. The monoisotopic (exact) mass is 328 g/mol. The maximum Gasteiger partial charge on any atom is 0.193 e. The topological polar surface area (TPSA) is 67.0 Å². The third-order valence-electron chi connectivity index (χ3n) is 5.15. The van der Waals surface area contributed by atoms with Crippen molar-refractivity contribution in [3.63, 3.8) is 0 Å². The van der Waals surface area contributed by atoms with Gasteiger partial charge in [0, 0.05) is 51.3 Å². The first-order valence-corrected chi connectivity index (χ1v) is 8.62. The standard InChI is InChI=1S/C17H24N6O/c1-18-16(22-10-6-17(12-22)7-11-24-13-17)19-8-5-15-21-20-14-4-2-3-9-23(14)15/h2-4,9H,5-8,10-13H2,1H3,(H,18,19). The highest BCUT2D eigenvalue weighted by atomic mass is 16.5. The van der Waals surface area contributed by atoms with Crippen LogP contribution in [0.3, 0.4) is 0 Å². The Kier molecular flexibility index (Phi) is 4.10. The highest BCUT2D eigenvalue weighted by Crippen LogP contribution is 2.38. The number of hydrogen-bond donors (Lipinski definition) is 1. The molecule has 24 heavy (non-hydrogen) atoms. The van der Waals surface area contributed by atoms with Crippen molar-refractivity contribution in [1.82, 2.24) is 24.8 Å². The molecule has 0 saturated carbocycles. The fourth-order valence-corrected chi connectivity index (χ4v) is 3.77. The Labute approximate surface area is 141 Å². The number of guanidine groups is 1. The number of nitrogens with zero attached hydrogens (tertiary/aromatic N) is 5. The number of aromatic nitrogens is 3. The van der Waals surface area contributed by atoms with Crippen LogP contribution < -0.4 is 5.32 Å². The molecule has 2 saturated heterocycles. The molecule has 1 unspecified atom stereocenters. The van der Waals surface area contributed by atoms with Gasteiger partial charge in [-0.3, -0.25) is 9.39 Å². The quantitative estimate of drug-likeness (QED) is 0.671. The average Bonchev–Trinajstić information content (AvgIpc) is 3.34. The summed E-state index contributed by atoms with van der Waals surface area (Å²) in [7, 11) is 1.85. The van der Waals surface area contributed by atoms with Crippen molar-refractivity contribution in [2.24, 2.45) is 10.4 Å². The summed E-state index contributed by atoms with van der Waals surface area (Å²) in [6, 6.07) is 5.94. The number of aliphatic imine (C=N–C) groups is 1. The summed E-state index contributed by atoms with van der Waals surface area (Å²) in [4.78, 5) is 6.81. The normalized spacial score (nSPS) is 24.4. The summed E-state index contributed by atoms with van der Waals surface area (Å²) in [6.07, 6.45) is 5.19. The van der Waals surface area contributed by atoms with Gasteiger partial charge in [-0.05, 0) is 25.0 Å². The van der Waals surface area contributed by atoms with Crippen molar-refractivity contribution in [2.45, 2.75) is 19.3 Å². The van der Waals surface area contributed by atoms with Crippen molar-refractivity contribution in [3.05, 3.63) is 30.2 Å². The third kappa shape index (κ3) is 2.84. The maximum atomic E-state index is 5.61. The van der Waals surface area contributed by atoms with Crippen LogP contribution in [0.15, 0.2) is 29.4 Å². The van der Waals surface area contributed by atoms with Crippen LogP contribution in [-0.4, -0.2) is 65.4 Å². The van der Waals surface area contributed by atoms with Gasteiger partial charge in [0.05, 0.1) is 6.61 Å². The van der Waals surface area contributed by atoms with Crippen LogP contribution in [0.25, 0.3) is 5.65 Å². The Balaban J connectivity index is 1.34. The molecule has 4 rings (SSSR count). The molecule has 2 aliphatic heterocycles. The van der Waals surface area contributed by atoms with Gasteiger partial charge in [0.25, 0.3) is 0 Å². The zero-order chi connectivity index (χ0) is 16.4. The van der Waals surface area contributed by atoms with E-state index in [1.165, 1.54) is 12.8 Å². The van der Waals surface area contributed by atoms with Gasteiger partial charge in [-0.15, -0.1) is 10.2 Å². The van der Waals surface area contributed by atoms with Crippen molar-refractivity contribution in [1.29, 1.82) is 0 Å². The molecule has 7 heteroatoms. The Morgan fingerprint density at radius 3 is 3.17 bits per heavy atom. The van der Waals surface area contributed by atoms with Crippen LogP contribution in [0.5, 0.6) is 0 Å². The van der Waals surface area contributed by atoms with Gasteiger partial charge in [-0.1, -0.05) is 6.07 Å². The van der Waals surface area contributed by atoms with E-state index in [0.717, 1.165) is 56.7 Å². The minimum absolute atomic E-state index is 0.348. The van der Waals surface area contributed by atoms with Crippen LogP contribution in [0, 0.1) is 5.41 Å². The highest BCUT2D eigenvalue weighted by Gasteiger charge is 2.42. The van der Waals surface area contributed by atoms with Gasteiger partial charge < -0.3 is 15.0 Å². The van der Waals surface area contributed by atoms with Crippen LogP contribution in [-0.2, 0) is 11.2 Å². The van der Waals surface area contributed by atoms with Crippen LogP contribution >= 0.6 is 0 Å². The van der Waals surface area contributed by atoms with E-state index >= 15 is 0 Å². The molecule has 1 atom stereocenters. The van der Waals surface area contributed by atoms with Crippen LogP contribution in [0.2, 0.25) is 0 Å². The lowest BCUT2D eigenvalue weighted by Gasteiger charge is -2.24. The first kappa shape index (κ1) is 15.4. The molecule has 1 spiro atoms. The first-order valence-electron chi connectivity index (χ1n) is 8.62. The van der Waals surface area contributed by atoms with E-state index in [1.807, 2.05) is 35.8 Å². The molecule has 4 heterocycles. The largest absolute Gasteiger partial charge is 0.381 e. The van der Waals surface area contributed by atoms with Crippen molar-refractivity contribution >= 4 is 11.6 Å². The molecule has 0 radical (unpaired) electrons. The highest BCUT2D eigenvalue weighted by molar-refractivity contribution is 5.80. The second-order valence-electron chi connectivity index (χ2n) is 6.74. The van der Waals surface area contributed by atoms with Gasteiger partial charge >= 0.3 is 0 Å². The van der Waals surface area contributed by atoms with Crippen LogP contribution in [0.4, 0.5) is 0 Å². The summed E-state index contributed by atoms with van der Waals surface area (Å²) in [5.74, 6) is 1.95. The van der Waals surface area contributed by atoms with Gasteiger partial charge in [0.2, 0.25) is 0 Å². The Hall–Kier alpha value is -2.15. The number of rotatable bonds is 3. The van der Waals surface area contributed by atoms with E-state index in [2.05, 4.69) is 25.4 Å². The van der Waals surface area contributed by atoms with Crippen LogP contribution in [0.1, 0.15) is 18.7 Å². The SMILES string of the molecule is CN=C(NCCc1nnc2ccccn12)N1CCC2(CCOC2)C1. The molecule has 1 N–H and O–H groups in total. The lowest BCUT2D eigenvalue weighted by atomic mass is 9.87. The van der Waals surface area contributed by atoms with E-state index in [9.17, 15) is 0 Å². The summed E-state index contributed by atoms with van der Waals surface area (Å²) >= 11 is 0. The Bertz CT molecular complexity index is 734. The molecule has 128 valence electrons. The van der Waals surface area contributed by atoms with E-state index < -0.39 is 0 Å². The molecule has 0 amide bonds. The van der Waals surface area contributed by atoms with Gasteiger partial charge in [-0.2, -0.15) is 0 Å². The second kappa shape index (κ2) is 6.39. The Morgan fingerprint density at radius 2 is 2.33 bits per heavy atom. The summed E-state index contributed by atoms with van der Waals surface area (Å²) in [5, 5.41) is 11.9. The number of pyridine rings is 1. The predicted molar refractivity (Wildman–Crippen MR) is 92.1 cm³/mol. The smallest absolute Gasteiger partial charge is 0.193 e. The molecule has 0 bridgehead atoms. The fraction of sp³-hybridized carbons (Fsp3) is 0.588. The van der Waals surface area contributed by atoms with Crippen molar-refractivity contribution in [2.75, 3.05) is 39.9 Å². The number of fused-ring (bicyclic) bond motifs is 1. The first-order chi connectivity index (χ1) is 11.8. The maximum absolute atomic E-state index is 5.61. The average molecular weight is 328 g/mol. The van der Waals surface area contributed by atoms with E-state index in [4.69, 9.17) is 4.74 Å². The van der Waals surface area contributed by atoms with Gasteiger partial charge in [0.15, 0.2) is 11.6 Å². The number of hydrogen-bond acceptors (Lipinski definition) is 4. The molecule has 0 aromatic carbocycles. The van der Waals surface area contributed by atoms with Gasteiger partial charge in [0.1, 0.15) is 5.82 Å². The zero-order valence-corrected chi connectivity index (χ0v) is 14.1. The lowest BCUT2D eigenvalue weighted by Crippen LogP contribution is -2.42. The number of likely N-dealkylation sites (tertiary alicyclic amines) is 1. The summed E-state index contributed by atoms with van der Waals surface area (Å²) in [5.41, 5.74) is 1.24. The molecule has 0 aliphatic carbocycles. The van der Waals surface area contributed by atoms with Crippen molar-refractivity contribution in [3.8, 4) is 0 Å². The number of ether oxygens (including phenoxy) is 1. The molecular formula is C17H24N6O. The Morgan fingerprint density at radius 1 is 1.38 bits per heavy atom. The molecule has 2 aromatic rings. The molecule has 2 aromatic heterocycles. The van der Waals surface area contributed by atoms with E-state index in [0.29, 0.717) is 5.41 Å². The molecule has 2 aliphatic rings. The third-order valence-corrected chi connectivity index (χ3v) is 5.15. The second-order valence-corrected chi connectivity index (χ2v) is 6.74. The van der Waals surface area contributed by atoms with E-state index in [1.54, 1.807) is 0 Å². The zero-order valence-electron chi connectivity index (χ0n) is 14.1. The minimum Gasteiger partial charge on any atom is -0.381 e. The van der Waals surface area contributed by atoms with Crippen molar-refractivity contribution < 1.29 is 4.74 Å². The molecular weight excluding hydrogens is 304 g/mol. The minimum atomic E-state index is 0.348.